The SMILES string of the molecule is Cc1nc(N)sc1C(=O)NCCC(=O)NC(C)(C)C. The average molecular weight is 284 g/mol. The maximum absolute atomic E-state index is 11.8. The molecule has 1 rings (SSSR count). The van der Waals surface area contributed by atoms with E-state index in [1.807, 2.05) is 20.8 Å². The molecule has 4 N–H and O–H groups in total. The number of nitrogens with zero attached hydrogens (tertiary/aromatic N) is 1. The van der Waals surface area contributed by atoms with Gasteiger partial charge in [0, 0.05) is 18.5 Å². The maximum Gasteiger partial charge on any atom is 0.263 e. The van der Waals surface area contributed by atoms with E-state index in [0.717, 1.165) is 11.3 Å². The highest BCUT2D eigenvalue weighted by Crippen LogP contribution is 2.19. The van der Waals surface area contributed by atoms with Crippen LogP contribution in [0.3, 0.4) is 0 Å². The minimum atomic E-state index is -0.260. The summed E-state index contributed by atoms with van der Waals surface area (Å²) in [6, 6.07) is 0. The fourth-order valence-corrected chi connectivity index (χ4v) is 2.23. The van der Waals surface area contributed by atoms with Crippen molar-refractivity contribution in [1.29, 1.82) is 0 Å². The Bertz CT molecular complexity index is 477. The molecule has 0 aliphatic heterocycles. The Balaban J connectivity index is 2.40. The van der Waals surface area contributed by atoms with Crippen LogP contribution < -0.4 is 16.4 Å². The predicted molar refractivity (Wildman–Crippen MR) is 76.1 cm³/mol. The van der Waals surface area contributed by atoms with Crippen LogP contribution in [0.5, 0.6) is 0 Å². The second-order valence-corrected chi connectivity index (χ2v) is 6.30. The van der Waals surface area contributed by atoms with E-state index >= 15 is 0 Å². The number of thiazole rings is 1. The number of anilines is 1. The van der Waals surface area contributed by atoms with Crippen molar-refractivity contribution in [2.45, 2.75) is 39.7 Å². The number of carbonyl (C=O) groups is 2. The van der Waals surface area contributed by atoms with Gasteiger partial charge in [-0.2, -0.15) is 0 Å². The number of aryl methyl sites for hydroxylation is 1. The quantitative estimate of drug-likeness (QED) is 0.770. The van der Waals surface area contributed by atoms with Crippen molar-refractivity contribution in [3.05, 3.63) is 10.6 Å². The lowest BCUT2D eigenvalue weighted by atomic mass is 10.1. The Morgan fingerprint density at radius 1 is 1.37 bits per heavy atom. The summed E-state index contributed by atoms with van der Waals surface area (Å²) in [5.41, 5.74) is 5.88. The number of hydrogen-bond donors (Lipinski definition) is 3. The molecule has 0 unspecified atom stereocenters. The largest absolute Gasteiger partial charge is 0.375 e. The Hall–Kier alpha value is -1.63. The Labute approximate surface area is 116 Å². The topological polar surface area (TPSA) is 97.1 Å². The molecule has 1 heterocycles. The van der Waals surface area contributed by atoms with Crippen LogP contribution in [0.15, 0.2) is 0 Å². The van der Waals surface area contributed by atoms with Gasteiger partial charge in [-0.05, 0) is 27.7 Å². The predicted octanol–water partition coefficient (Wildman–Crippen LogP) is 1.07. The average Bonchev–Trinajstić information content (AvgIpc) is 2.55. The molecule has 7 heteroatoms. The molecule has 0 saturated heterocycles. The molecule has 0 spiro atoms. The van der Waals surface area contributed by atoms with Gasteiger partial charge in [0.25, 0.3) is 5.91 Å². The lowest BCUT2D eigenvalue weighted by molar-refractivity contribution is -0.122. The summed E-state index contributed by atoms with van der Waals surface area (Å²) >= 11 is 1.15. The molecule has 0 aliphatic rings. The van der Waals surface area contributed by atoms with Crippen LogP contribution in [0.4, 0.5) is 5.13 Å². The van der Waals surface area contributed by atoms with Crippen molar-refractivity contribution in [3.8, 4) is 0 Å². The van der Waals surface area contributed by atoms with Crippen molar-refractivity contribution < 1.29 is 9.59 Å². The third-order valence-electron chi connectivity index (χ3n) is 2.17. The molecule has 0 fully saturated rings. The Morgan fingerprint density at radius 3 is 2.47 bits per heavy atom. The van der Waals surface area contributed by atoms with E-state index in [4.69, 9.17) is 5.73 Å². The lowest BCUT2D eigenvalue weighted by Gasteiger charge is -2.20. The van der Waals surface area contributed by atoms with Crippen molar-refractivity contribution >= 4 is 28.3 Å². The van der Waals surface area contributed by atoms with E-state index in [0.29, 0.717) is 15.7 Å². The fourth-order valence-electron chi connectivity index (χ4n) is 1.48. The minimum absolute atomic E-state index is 0.0895. The molecule has 1 aromatic heterocycles. The number of nitrogen functional groups attached to an aromatic ring is 1. The molecule has 106 valence electrons. The second kappa shape index (κ2) is 6.01. The molecule has 19 heavy (non-hydrogen) atoms. The number of rotatable bonds is 4. The van der Waals surface area contributed by atoms with Crippen LogP contribution >= 0.6 is 11.3 Å². The van der Waals surface area contributed by atoms with E-state index in [1.54, 1.807) is 6.92 Å². The zero-order valence-electron chi connectivity index (χ0n) is 11.7. The molecule has 0 radical (unpaired) electrons. The zero-order chi connectivity index (χ0) is 14.6. The van der Waals surface area contributed by atoms with E-state index < -0.39 is 0 Å². The molecule has 0 bridgehead atoms. The van der Waals surface area contributed by atoms with Gasteiger partial charge in [0.05, 0.1) is 5.69 Å². The first-order valence-electron chi connectivity index (χ1n) is 6.01. The number of nitrogens with one attached hydrogen (secondary N) is 2. The number of aromatic nitrogens is 1. The van der Waals surface area contributed by atoms with Gasteiger partial charge >= 0.3 is 0 Å². The zero-order valence-corrected chi connectivity index (χ0v) is 12.5. The van der Waals surface area contributed by atoms with E-state index in [1.165, 1.54) is 0 Å². The first-order chi connectivity index (χ1) is 8.69. The smallest absolute Gasteiger partial charge is 0.263 e. The van der Waals surface area contributed by atoms with Gasteiger partial charge in [0.2, 0.25) is 5.91 Å². The van der Waals surface area contributed by atoms with Gasteiger partial charge in [-0.1, -0.05) is 11.3 Å². The fraction of sp³-hybridized carbons (Fsp3) is 0.583. The second-order valence-electron chi connectivity index (χ2n) is 5.27. The van der Waals surface area contributed by atoms with Crippen LogP contribution in [-0.2, 0) is 4.79 Å². The number of amides is 2. The van der Waals surface area contributed by atoms with Gasteiger partial charge in [-0.3, -0.25) is 9.59 Å². The van der Waals surface area contributed by atoms with Crippen LogP contribution in [0.25, 0.3) is 0 Å². The normalized spacial score (nSPS) is 11.2. The summed E-state index contributed by atoms with van der Waals surface area (Å²) < 4.78 is 0. The van der Waals surface area contributed by atoms with Crippen molar-refractivity contribution in [3.63, 3.8) is 0 Å². The van der Waals surface area contributed by atoms with Crippen molar-refractivity contribution in [2.75, 3.05) is 12.3 Å². The monoisotopic (exact) mass is 284 g/mol. The highest BCUT2D eigenvalue weighted by atomic mass is 32.1. The lowest BCUT2D eigenvalue weighted by Crippen LogP contribution is -2.41. The van der Waals surface area contributed by atoms with E-state index in [2.05, 4.69) is 15.6 Å². The third-order valence-corrected chi connectivity index (χ3v) is 3.16. The number of nitrogens with two attached hydrogens (primary N) is 1. The Morgan fingerprint density at radius 2 is 2.00 bits per heavy atom. The van der Waals surface area contributed by atoms with Gasteiger partial charge < -0.3 is 16.4 Å². The summed E-state index contributed by atoms with van der Waals surface area (Å²) in [6.45, 7) is 7.75. The number of hydrogen-bond acceptors (Lipinski definition) is 5. The van der Waals surface area contributed by atoms with Gasteiger partial charge in [0.1, 0.15) is 4.88 Å². The molecular weight excluding hydrogens is 264 g/mol. The van der Waals surface area contributed by atoms with Gasteiger partial charge in [-0.25, -0.2) is 4.98 Å². The highest BCUT2D eigenvalue weighted by molar-refractivity contribution is 7.17. The molecule has 0 saturated carbocycles. The molecule has 6 nitrogen and oxygen atoms in total. The summed E-state index contributed by atoms with van der Waals surface area (Å²) in [6.07, 6.45) is 0.246. The van der Waals surface area contributed by atoms with Crippen LogP contribution in [0.2, 0.25) is 0 Å². The van der Waals surface area contributed by atoms with Crippen molar-refractivity contribution in [1.82, 2.24) is 15.6 Å². The first-order valence-corrected chi connectivity index (χ1v) is 6.83. The van der Waals surface area contributed by atoms with Crippen molar-refractivity contribution in [2.24, 2.45) is 0 Å². The van der Waals surface area contributed by atoms with E-state index in [-0.39, 0.29) is 30.3 Å². The van der Waals surface area contributed by atoms with Gasteiger partial charge in [-0.15, -0.1) is 0 Å². The summed E-state index contributed by atoms with van der Waals surface area (Å²) in [5, 5.41) is 5.88. The molecule has 0 aliphatic carbocycles. The summed E-state index contributed by atoms with van der Waals surface area (Å²) in [4.78, 5) is 27.8. The molecule has 2 amide bonds. The van der Waals surface area contributed by atoms with E-state index in [9.17, 15) is 9.59 Å². The summed E-state index contributed by atoms with van der Waals surface area (Å²) in [5.74, 6) is -0.330. The first kappa shape index (κ1) is 15.4. The van der Waals surface area contributed by atoms with Crippen LogP contribution in [0, 0.1) is 6.92 Å². The molecule has 1 aromatic rings. The van der Waals surface area contributed by atoms with Crippen LogP contribution in [0.1, 0.15) is 42.6 Å². The Kier molecular flexibility index (Phi) is 4.88. The molecular formula is C12H20N4O2S. The summed E-state index contributed by atoms with van der Waals surface area (Å²) in [7, 11) is 0. The molecule has 0 atom stereocenters. The minimum Gasteiger partial charge on any atom is -0.375 e. The number of carbonyl (C=O) groups excluding carboxylic acids is 2. The standard InChI is InChI=1S/C12H20N4O2S/c1-7-9(19-11(13)15-7)10(18)14-6-5-8(17)16-12(2,3)4/h5-6H2,1-4H3,(H2,13,15)(H,14,18)(H,16,17). The molecule has 0 aromatic carbocycles. The third kappa shape index (κ3) is 5.25. The van der Waals surface area contributed by atoms with Gasteiger partial charge in [0.15, 0.2) is 5.13 Å². The highest BCUT2D eigenvalue weighted by Gasteiger charge is 2.16. The maximum atomic E-state index is 11.8. The van der Waals surface area contributed by atoms with Crippen LogP contribution in [-0.4, -0.2) is 28.9 Å².